The summed E-state index contributed by atoms with van der Waals surface area (Å²) in [4.78, 5) is 4.09. The molecule has 10 heteroatoms. The summed E-state index contributed by atoms with van der Waals surface area (Å²) in [5.41, 5.74) is -5.22. The molecule has 2 N–H and O–H groups in total. The lowest BCUT2D eigenvalue weighted by Gasteiger charge is -2.32. The summed E-state index contributed by atoms with van der Waals surface area (Å²) in [7, 11) is -3.55. The lowest BCUT2D eigenvalue weighted by Crippen LogP contribution is -2.48. The highest BCUT2D eigenvalue weighted by molar-refractivity contribution is 7.90. The molecule has 23 heavy (non-hydrogen) atoms. The predicted molar refractivity (Wildman–Crippen MR) is 83.5 cm³/mol. The summed E-state index contributed by atoms with van der Waals surface area (Å²) in [6, 6.07) is 0.264. The van der Waals surface area contributed by atoms with Gasteiger partial charge in [0.1, 0.15) is 0 Å². The highest BCUT2D eigenvalue weighted by Gasteiger charge is 2.50. The van der Waals surface area contributed by atoms with Gasteiger partial charge in [0.15, 0.2) is 5.96 Å². The molecule has 1 atom stereocenters. The number of hydrogen-bond acceptors (Lipinski definition) is 3. The first-order valence-corrected chi connectivity index (χ1v) is 9.09. The van der Waals surface area contributed by atoms with Crippen molar-refractivity contribution in [1.82, 2.24) is 14.9 Å². The van der Waals surface area contributed by atoms with Crippen LogP contribution in [0.1, 0.15) is 33.1 Å². The van der Waals surface area contributed by atoms with E-state index in [2.05, 4.69) is 15.6 Å². The van der Waals surface area contributed by atoms with Crippen molar-refractivity contribution in [2.45, 2.75) is 44.7 Å². The number of alkyl halides is 3. The van der Waals surface area contributed by atoms with Crippen LogP contribution in [0.5, 0.6) is 0 Å². The number of guanidine groups is 1. The van der Waals surface area contributed by atoms with E-state index in [4.69, 9.17) is 0 Å². The fourth-order valence-electron chi connectivity index (χ4n) is 2.27. The van der Waals surface area contributed by atoms with Crippen LogP contribution in [0.4, 0.5) is 13.2 Å². The zero-order valence-electron chi connectivity index (χ0n) is 13.7. The van der Waals surface area contributed by atoms with Gasteiger partial charge in [0.25, 0.3) is 0 Å². The smallest absolute Gasteiger partial charge is 0.356 e. The van der Waals surface area contributed by atoms with Crippen LogP contribution >= 0.6 is 0 Å². The van der Waals surface area contributed by atoms with Gasteiger partial charge in [-0.15, -0.1) is 0 Å². The zero-order valence-corrected chi connectivity index (χ0v) is 14.5. The Morgan fingerprint density at radius 1 is 1.35 bits per heavy atom. The van der Waals surface area contributed by atoms with E-state index in [-0.39, 0.29) is 25.0 Å². The third-order valence-corrected chi connectivity index (χ3v) is 5.61. The molecule has 1 heterocycles. The molecule has 0 spiro atoms. The van der Waals surface area contributed by atoms with Crippen molar-refractivity contribution in [2.75, 3.05) is 26.7 Å². The molecule has 1 unspecified atom stereocenters. The fourth-order valence-corrected chi connectivity index (χ4v) is 3.26. The Kier molecular flexibility index (Phi) is 7.12. The van der Waals surface area contributed by atoms with Crippen LogP contribution in [0, 0.1) is 5.92 Å². The van der Waals surface area contributed by atoms with Crippen molar-refractivity contribution in [3.63, 3.8) is 0 Å². The van der Waals surface area contributed by atoms with E-state index in [0.717, 1.165) is 6.42 Å². The number of rotatable bonds is 5. The van der Waals surface area contributed by atoms with Crippen LogP contribution in [-0.2, 0) is 10.0 Å². The molecule has 0 radical (unpaired) electrons. The van der Waals surface area contributed by atoms with Gasteiger partial charge in [-0.05, 0) is 32.1 Å². The fraction of sp³-hybridized carbons (Fsp3) is 0.923. The first kappa shape index (κ1) is 20.0. The third-order valence-electron chi connectivity index (χ3n) is 3.98. The molecule has 6 nitrogen and oxygen atoms in total. The van der Waals surface area contributed by atoms with Crippen molar-refractivity contribution >= 4 is 16.0 Å². The van der Waals surface area contributed by atoms with E-state index in [1.807, 2.05) is 13.8 Å². The Morgan fingerprint density at radius 3 is 2.35 bits per heavy atom. The van der Waals surface area contributed by atoms with Crippen LogP contribution in [0.15, 0.2) is 4.99 Å². The molecule has 1 aliphatic rings. The second-order valence-electron chi connectivity index (χ2n) is 5.70. The molecule has 0 aromatic heterocycles. The highest BCUT2D eigenvalue weighted by Crippen LogP contribution is 2.30. The first-order valence-electron chi connectivity index (χ1n) is 7.65. The van der Waals surface area contributed by atoms with E-state index in [1.54, 1.807) is 7.05 Å². The average molecular weight is 358 g/mol. The molecule has 0 aromatic rings. The Balaban J connectivity index is 2.46. The Hall–Kier alpha value is -1.03. The van der Waals surface area contributed by atoms with Crippen molar-refractivity contribution in [3.8, 4) is 0 Å². The largest absolute Gasteiger partial charge is 0.511 e. The van der Waals surface area contributed by atoms with Crippen LogP contribution in [0.2, 0.25) is 0 Å². The molecule has 1 rings (SSSR count). The van der Waals surface area contributed by atoms with Crippen LogP contribution in [0.25, 0.3) is 0 Å². The number of nitrogens with zero attached hydrogens (tertiary/aromatic N) is 2. The summed E-state index contributed by atoms with van der Waals surface area (Å²) >= 11 is 0. The molecule has 1 fully saturated rings. The standard InChI is InChI=1S/C13H25F3N4O2S/c1-4-10(2)19-12(17-3)18-9-11-5-7-20(8-6-11)23(21,22)13(14,15)16/h10-11H,4-9H2,1-3H3,(H2,17,18,19). The van der Waals surface area contributed by atoms with Gasteiger partial charge in [-0.1, -0.05) is 6.92 Å². The van der Waals surface area contributed by atoms with Crippen LogP contribution in [0.3, 0.4) is 0 Å². The summed E-state index contributed by atoms with van der Waals surface area (Å²) < 4.78 is 60.7. The molecular weight excluding hydrogens is 333 g/mol. The number of aliphatic imine (C=N–C) groups is 1. The number of nitrogens with one attached hydrogen (secondary N) is 2. The monoisotopic (exact) mass is 358 g/mol. The van der Waals surface area contributed by atoms with Gasteiger partial charge in [0.2, 0.25) is 0 Å². The molecule has 0 aliphatic carbocycles. The Labute approximate surface area is 135 Å². The van der Waals surface area contributed by atoms with Crippen molar-refractivity contribution in [2.24, 2.45) is 10.9 Å². The van der Waals surface area contributed by atoms with Crippen molar-refractivity contribution < 1.29 is 21.6 Å². The van der Waals surface area contributed by atoms with Crippen molar-refractivity contribution in [3.05, 3.63) is 0 Å². The van der Waals surface area contributed by atoms with Crippen molar-refractivity contribution in [1.29, 1.82) is 0 Å². The van der Waals surface area contributed by atoms with Gasteiger partial charge in [-0.25, -0.2) is 8.42 Å². The summed E-state index contributed by atoms with van der Waals surface area (Å²) in [5.74, 6) is 0.759. The van der Waals surface area contributed by atoms with Gasteiger partial charge >= 0.3 is 15.5 Å². The normalized spacial score (nSPS) is 20.3. The van der Waals surface area contributed by atoms with E-state index in [0.29, 0.717) is 29.7 Å². The van der Waals surface area contributed by atoms with Gasteiger partial charge in [0.05, 0.1) is 0 Å². The average Bonchev–Trinajstić information content (AvgIpc) is 2.50. The van der Waals surface area contributed by atoms with E-state index < -0.39 is 15.5 Å². The first-order chi connectivity index (χ1) is 10.6. The molecule has 0 bridgehead atoms. The lowest BCUT2D eigenvalue weighted by molar-refractivity contribution is -0.0496. The summed E-state index contributed by atoms with van der Waals surface area (Å²) in [5, 5.41) is 6.33. The second kappa shape index (κ2) is 8.18. The van der Waals surface area contributed by atoms with Gasteiger partial charge < -0.3 is 10.6 Å². The van der Waals surface area contributed by atoms with Gasteiger partial charge in [0, 0.05) is 32.7 Å². The maximum Gasteiger partial charge on any atom is 0.511 e. The summed E-state index contributed by atoms with van der Waals surface area (Å²) in [6.45, 7) is 4.41. The molecule has 136 valence electrons. The topological polar surface area (TPSA) is 73.8 Å². The third kappa shape index (κ3) is 5.52. The molecule has 0 amide bonds. The van der Waals surface area contributed by atoms with Gasteiger partial charge in [-0.2, -0.15) is 17.5 Å². The minimum atomic E-state index is -5.22. The number of piperidine rings is 1. The Morgan fingerprint density at radius 2 is 1.91 bits per heavy atom. The second-order valence-corrected chi connectivity index (χ2v) is 7.63. The number of sulfonamides is 1. The maximum absolute atomic E-state index is 12.5. The minimum Gasteiger partial charge on any atom is -0.356 e. The maximum atomic E-state index is 12.5. The molecule has 0 aromatic carbocycles. The minimum absolute atomic E-state index is 0.106. The highest BCUT2D eigenvalue weighted by atomic mass is 32.2. The Bertz CT molecular complexity index is 500. The molecule has 1 aliphatic heterocycles. The molecule has 0 saturated carbocycles. The lowest BCUT2D eigenvalue weighted by atomic mass is 9.98. The van der Waals surface area contributed by atoms with E-state index in [9.17, 15) is 21.6 Å². The quantitative estimate of drug-likeness (QED) is 0.577. The van der Waals surface area contributed by atoms with Crippen LogP contribution in [-0.4, -0.2) is 56.9 Å². The summed E-state index contributed by atoms with van der Waals surface area (Å²) in [6.07, 6.45) is 1.72. The molecule has 1 saturated heterocycles. The molecular formula is C13H25F3N4O2S. The zero-order chi connectivity index (χ0) is 17.7. The van der Waals surface area contributed by atoms with E-state index in [1.165, 1.54) is 0 Å². The SMILES string of the molecule is CCC(C)NC(=NC)NCC1CCN(S(=O)(=O)C(F)(F)F)CC1. The number of halogens is 3. The predicted octanol–water partition coefficient (Wildman–Crippen LogP) is 1.51. The van der Waals surface area contributed by atoms with Gasteiger partial charge in [-0.3, -0.25) is 4.99 Å². The number of hydrogen-bond donors (Lipinski definition) is 2. The van der Waals surface area contributed by atoms with Crippen LogP contribution < -0.4 is 10.6 Å². The van der Waals surface area contributed by atoms with E-state index >= 15 is 0 Å².